The van der Waals surface area contributed by atoms with Crippen molar-refractivity contribution >= 4 is 48.6 Å². The number of rotatable bonds is 4. The molecule has 28 heavy (non-hydrogen) atoms. The van der Waals surface area contributed by atoms with Crippen molar-refractivity contribution in [2.75, 3.05) is 40.4 Å². The van der Waals surface area contributed by atoms with Gasteiger partial charge in [0, 0.05) is 13.1 Å². The lowest BCUT2D eigenvalue weighted by molar-refractivity contribution is -0.150. The molecule has 0 bridgehead atoms. The monoisotopic (exact) mass is 444 g/mol. The summed E-state index contributed by atoms with van der Waals surface area (Å²) in [5.74, 6) is -1.07. The second-order valence-electron chi connectivity index (χ2n) is 5.94. The Bertz CT molecular complexity index is 447. The van der Waals surface area contributed by atoms with Gasteiger partial charge in [-0.05, 0) is 25.7 Å². The van der Waals surface area contributed by atoms with Gasteiger partial charge in [0.1, 0.15) is 12.1 Å². The number of hydrogen-bond acceptors (Lipinski definition) is 8. The molecule has 12 heteroatoms. The van der Waals surface area contributed by atoms with Crippen LogP contribution in [0.25, 0.3) is 0 Å². The molecule has 2 atom stereocenters. The van der Waals surface area contributed by atoms with Crippen molar-refractivity contribution in [3.8, 4) is 0 Å². The fourth-order valence-electron chi connectivity index (χ4n) is 3.13. The van der Waals surface area contributed by atoms with Crippen LogP contribution in [0.2, 0.25) is 0 Å². The molecule has 2 amide bonds. The van der Waals surface area contributed by atoms with Gasteiger partial charge in [-0.25, -0.2) is 9.59 Å². The molecule has 2 aliphatic rings. The molecule has 0 aromatic heterocycles. The Morgan fingerprint density at radius 2 is 1.11 bits per heavy atom. The number of nitrogens with two attached hydrogens (primary N) is 2. The number of ether oxygens (including phenoxy) is 2. The minimum absolute atomic E-state index is 0. The summed E-state index contributed by atoms with van der Waals surface area (Å²) >= 11 is 0. The quantitative estimate of drug-likeness (QED) is 0.528. The van der Waals surface area contributed by atoms with Crippen LogP contribution in [0.15, 0.2) is 0 Å². The van der Waals surface area contributed by atoms with Crippen molar-refractivity contribution < 1.29 is 28.7 Å². The van der Waals surface area contributed by atoms with Crippen LogP contribution in [0.1, 0.15) is 25.7 Å². The molecule has 0 saturated carbocycles. The third kappa shape index (κ3) is 7.42. The number of carbonyl (C=O) groups is 4. The topological polar surface area (TPSA) is 145 Å². The minimum atomic E-state index is -0.416. The van der Waals surface area contributed by atoms with Crippen LogP contribution in [0.4, 0.5) is 0 Å². The van der Waals surface area contributed by atoms with Gasteiger partial charge >= 0.3 is 11.9 Å². The first kappa shape index (κ1) is 28.6. The third-order valence-corrected chi connectivity index (χ3v) is 4.44. The largest absolute Gasteiger partial charge is 0.467 e. The van der Waals surface area contributed by atoms with Gasteiger partial charge in [0.05, 0.1) is 27.3 Å². The van der Waals surface area contributed by atoms with Crippen LogP contribution in [-0.4, -0.2) is 86.0 Å². The van der Waals surface area contributed by atoms with E-state index in [1.165, 1.54) is 24.0 Å². The average Bonchev–Trinajstić information content (AvgIpc) is 3.35. The number of halogens is 2. The zero-order valence-electron chi connectivity index (χ0n) is 16.1. The smallest absolute Gasteiger partial charge is 0.328 e. The van der Waals surface area contributed by atoms with E-state index in [4.69, 9.17) is 11.5 Å². The van der Waals surface area contributed by atoms with E-state index in [-0.39, 0.29) is 61.7 Å². The van der Waals surface area contributed by atoms with Gasteiger partial charge in [-0.2, -0.15) is 0 Å². The molecule has 2 rings (SSSR count). The van der Waals surface area contributed by atoms with Crippen molar-refractivity contribution in [1.29, 1.82) is 0 Å². The Kier molecular flexibility index (Phi) is 14.7. The van der Waals surface area contributed by atoms with Crippen molar-refractivity contribution in [1.82, 2.24) is 9.80 Å². The summed E-state index contributed by atoms with van der Waals surface area (Å²) < 4.78 is 9.17. The van der Waals surface area contributed by atoms with E-state index < -0.39 is 12.1 Å². The standard InChI is InChI=1S/2C8H14N2O3.2ClH/c2*1-13-8(12)6-3-2-4-10(6)7(11)5-9;;/h2*6H,2-5,9H2,1H3;2*1H/t2*6-;;/m00../s1. The highest BCUT2D eigenvalue weighted by Gasteiger charge is 2.34. The summed E-state index contributed by atoms with van der Waals surface area (Å²) in [5.41, 5.74) is 10.4. The van der Waals surface area contributed by atoms with E-state index in [2.05, 4.69) is 9.47 Å². The lowest BCUT2D eigenvalue weighted by Crippen LogP contribution is -2.43. The average molecular weight is 445 g/mol. The molecule has 2 fully saturated rings. The molecular weight excluding hydrogens is 415 g/mol. The normalized spacial score (nSPS) is 20.1. The maximum Gasteiger partial charge on any atom is 0.328 e. The molecule has 2 saturated heterocycles. The van der Waals surface area contributed by atoms with E-state index in [9.17, 15) is 19.2 Å². The fraction of sp³-hybridized carbons (Fsp3) is 0.750. The van der Waals surface area contributed by atoms with Crippen LogP contribution in [-0.2, 0) is 28.7 Å². The molecular formula is C16H30Cl2N4O6. The summed E-state index contributed by atoms with van der Waals surface area (Å²) in [5, 5.41) is 0. The summed E-state index contributed by atoms with van der Waals surface area (Å²) in [6.45, 7) is 1.12. The first-order valence-corrected chi connectivity index (χ1v) is 8.55. The van der Waals surface area contributed by atoms with Crippen LogP contribution in [0.3, 0.4) is 0 Å². The Morgan fingerprint density at radius 3 is 1.36 bits per heavy atom. The Balaban J connectivity index is 0. The minimum Gasteiger partial charge on any atom is -0.467 e. The zero-order chi connectivity index (χ0) is 19.7. The summed E-state index contributed by atoms with van der Waals surface area (Å²) in [6.07, 6.45) is 3.04. The summed E-state index contributed by atoms with van der Waals surface area (Å²) in [6, 6.07) is -0.831. The van der Waals surface area contributed by atoms with Crippen molar-refractivity contribution in [2.24, 2.45) is 11.5 Å². The van der Waals surface area contributed by atoms with E-state index in [1.807, 2.05) is 0 Å². The van der Waals surface area contributed by atoms with Gasteiger partial charge < -0.3 is 30.7 Å². The lowest BCUT2D eigenvalue weighted by Gasteiger charge is -2.21. The molecule has 4 N–H and O–H groups in total. The van der Waals surface area contributed by atoms with Crippen molar-refractivity contribution in [3.63, 3.8) is 0 Å². The SMILES string of the molecule is COC(=O)[C@@H]1CCCN1C(=O)CN.COC(=O)[C@@H]1CCCN1C(=O)CN.Cl.Cl. The number of nitrogens with zero attached hydrogens (tertiary/aromatic N) is 2. The van der Waals surface area contributed by atoms with Gasteiger partial charge in [-0.15, -0.1) is 24.8 Å². The number of methoxy groups -OCH3 is 2. The van der Waals surface area contributed by atoms with Gasteiger partial charge in [0.2, 0.25) is 11.8 Å². The molecule has 0 aromatic rings. The highest BCUT2D eigenvalue weighted by molar-refractivity contribution is 5.86. The molecule has 0 unspecified atom stereocenters. The molecule has 164 valence electrons. The van der Waals surface area contributed by atoms with E-state index in [0.29, 0.717) is 25.9 Å². The number of amides is 2. The number of esters is 2. The highest BCUT2D eigenvalue weighted by Crippen LogP contribution is 2.18. The predicted octanol–water partition coefficient (Wildman–Crippen LogP) is -0.938. The van der Waals surface area contributed by atoms with Gasteiger partial charge in [-0.3, -0.25) is 9.59 Å². The number of hydrogen-bond donors (Lipinski definition) is 2. The van der Waals surface area contributed by atoms with Crippen molar-refractivity contribution in [2.45, 2.75) is 37.8 Å². The molecule has 0 aliphatic carbocycles. The molecule has 0 aromatic carbocycles. The number of carbonyl (C=O) groups excluding carboxylic acids is 4. The van der Waals surface area contributed by atoms with E-state index >= 15 is 0 Å². The van der Waals surface area contributed by atoms with Crippen LogP contribution in [0, 0.1) is 0 Å². The van der Waals surface area contributed by atoms with Gasteiger partial charge in [0.15, 0.2) is 0 Å². The second-order valence-corrected chi connectivity index (χ2v) is 5.94. The molecule has 10 nitrogen and oxygen atoms in total. The highest BCUT2D eigenvalue weighted by atomic mass is 35.5. The zero-order valence-corrected chi connectivity index (χ0v) is 17.8. The Morgan fingerprint density at radius 1 is 0.786 bits per heavy atom. The summed E-state index contributed by atoms with van der Waals surface area (Å²) in [4.78, 5) is 47.8. The van der Waals surface area contributed by atoms with Gasteiger partial charge in [0.25, 0.3) is 0 Å². The summed E-state index contributed by atoms with van der Waals surface area (Å²) in [7, 11) is 2.65. The second kappa shape index (κ2) is 14.4. The molecule has 0 radical (unpaired) electrons. The van der Waals surface area contributed by atoms with Gasteiger partial charge in [-0.1, -0.05) is 0 Å². The Labute approximate surface area is 177 Å². The first-order chi connectivity index (χ1) is 12.4. The Hall–Kier alpha value is -1.62. The lowest BCUT2D eigenvalue weighted by atomic mass is 10.2. The third-order valence-electron chi connectivity index (χ3n) is 4.44. The van der Waals surface area contributed by atoms with Crippen LogP contribution >= 0.6 is 24.8 Å². The van der Waals surface area contributed by atoms with E-state index in [1.54, 1.807) is 0 Å². The predicted molar refractivity (Wildman–Crippen MR) is 106 cm³/mol. The maximum absolute atomic E-state index is 11.2. The van der Waals surface area contributed by atoms with Crippen molar-refractivity contribution in [3.05, 3.63) is 0 Å². The maximum atomic E-state index is 11.2. The fourth-order valence-corrected chi connectivity index (χ4v) is 3.13. The van der Waals surface area contributed by atoms with Crippen LogP contribution in [0.5, 0.6) is 0 Å². The molecule has 2 aliphatic heterocycles. The molecule has 2 heterocycles. The first-order valence-electron chi connectivity index (χ1n) is 8.55. The number of likely N-dealkylation sites (tertiary alicyclic amines) is 2. The molecule has 0 spiro atoms. The van der Waals surface area contributed by atoms with E-state index in [0.717, 1.165) is 12.8 Å². The van der Waals surface area contributed by atoms with Crippen LogP contribution < -0.4 is 11.5 Å².